The Morgan fingerprint density at radius 3 is 2.18 bits per heavy atom. The van der Waals surface area contributed by atoms with Crippen molar-refractivity contribution in [2.75, 3.05) is 23.7 Å². The molecule has 0 aliphatic rings. The molecule has 0 aliphatic carbocycles. The molecule has 1 N–H and O–H groups in total. The smallest absolute Gasteiger partial charge is 0.244 e. The lowest BCUT2D eigenvalue weighted by Crippen LogP contribution is -2.53. The first-order chi connectivity index (χ1) is 18.5. The van der Waals surface area contributed by atoms with Gasteiger partial charge in [0.15, 0.2) is 0 Å². The minimum absolute atomic E-state index is 0.0265. The lowest BCUT2D eigenvalue weighted by Gasteiger charge is -2.34. The van der Waals surface area contributed by atoms with E-state index < -0.39 is 28.5 Å². The molecule has 3 rings (SSSR count). The number of sulfonamides is 1. The van der Waals surface area contributed by atoms with Gasteiger partial charge in [-0.15, -0.1) is 0 Å². The summed E-state index contributed by atoms with van der Waals surface area (Å²) in [5.74, 6) is -0.647. The molecule has 1 atom stereocenters. The highest BCUT2D eigenvalue weighted by molar-refractivity contribution is 9.10. The summed E-state index contributed by atoms with van der Waals surface area (Å²) in [5.41, 5.74) is 1.84. The molecule has 0 radical (unpaired) electrons. The molecular formula is C29H33BrClN3O4S. The highest BCUT2D eigenvalue weighted by Crippen LogP contribution is 2.28. The average molecular weight is 635 g/mol. The highest BCUT2D eigenvalue weighted by Gasteiger charge is 2.33. The first kappa shape index (κ1) is 30.7. The second-order valence-corrected chi connectivity index (χ2v) is 12.8. The van der Waals surface area contributed by atoms with Crippen LogP contribution in [0.1, 0.15) is 25.0 Å². The van der Waals surface area contributed by atoms with E-state index in [1.54, 1.807) is 48.5 Å². The SMILES string of the molecule is CC(C)CNC(=O)C(Cc1ccccc1)N(Cc1ccccc1Cl)C(=O)CN(c1ccccc1Br)S(C)(=O)=O. The number of nitrogens with zero attached hydrogens (tertiary/aromatic N) is 2. The third kappa shape index (κ3) is 8.81. The van der Waals surface area contributed by atoms with Gasteiger partial charge >= 0.3 is 0 Å². The summed E-state index contributed by atoms with van der Waals surface area (Å²) in [6.45, 7) is 3.94. The fourth-order valence-electron chi connectivity index (χ4n) is 4.04. The third-order valence-electron chi connectivity index (χ3n) is 6.05. The van der Waals surface area contributed by atoms with Crippen molar-refractivity contribution in [2.24, 2.45) is 5.92 Å². The van der Waals surface area contributed by atoms with Gasteiger partial charge in [-0.1, -0.05) is 86.1 Å². The highest BCUT2D eigenvalue weighted by atomic mass is 79.9. The summed E-state index contributed by atoms with van der Waals surface area (Å²) in [7, 11) is -3.85. The van der Waals surface area contributed by atoms with E-state index in [1.807, 2.05) is 44.2 Å². The first-order valence-corrected chi connectivity index (χ1v) is 15.6. The zero-order valence-corrected chi connectivity index (χ0v) is 25.3. The first-order valence-electron chi connectivity index (χ1n) is 12.5. The van der Waals surface area contributed by atoms with Gasteiger partial charge in [-0.25, -0.2) is 8.42 Å². The van der Waals surface area contributed by atoms with Crippen molar-refractivity contribution < 1.29 is 18.0 Å². The van der Waals surface area contributed by atoms with Gasteiger partial charge in [0.05, 0.1) is 11.9 Å². The van der Waals surface area contributed by atoms with E-state index in [0.717, 1.165) is 16.1 Å². The number of nitrogens with one attached hydrogen (secondary N) is 1. The molecule has 0 aromatic heterocycles. The monoisotopic (exact) mass is 633 g/mol. The van der Waals surface area contributed by atoms with Crippen LogP contribution in [0.4, 0.5) is 5.69 Å². The van der Waals surface area contributed by atoms with E-state index in [2.05, 4.69) is 21.2 Å². The molecule has 0 bridgehead atoms. The lowest BCUT2D eigenvalue weighted by atomic mass is 10.0. The maximum atomic E-state index is 14.1. The number of amides is 2. The molecule has 3 aromatic carbocycles. The van der Waals surface area contributed by atoms with Crippen LogP contribution in [0.5, 0.6) is 0 Å². The fourth-order valence-corrected chi connectivity index (χ4v) is 5.71. The summed E-state index contributed by atoms with van der Waals surface area (Å²) in [5, 5.41) is 3.40. The molecule has 0 spiro atoms. The molecule has 2 amide bonds. The van der Waals surface area contributed by atoms with Crippen molar-refractivity contribution in [3.05, 3.63) is 99.5 Å². The maximum Gasteiger partial charge on any atom is 0.244 e. The molecule has 208 valence electrons. The standard InChI is InChI=1S/C29H33BrClN3O4S/c1-21(2)18-32-29(36)27(17-22-11-5-4-6-12-22)33(19-23-13-7-9-15-25(23)31)28(35)20-34(39(3,37)38)26-16-10-8-14-24(26)30/h4-16,21,27H,17-20H2,1-3H3,(H,32,36). The topological polar surface area (TPSA) is 86.8 Å². The number of anilines is 1. The van der Waals surface area contributed by atoms with Crippen LogP contribution in [0.3, 0.4) is 0 Å². The van der Waals surface area contributed by atoms with Crippen LogP contribution in [0, 0.1) is 5.92 Å². The van der Waals surface area contributed by atoms with Crippen molar-refractivity contribution in [3.63, 3.8) is 0 Å². The molecule has 39 heavy (non-hydrogen) atoms. The molecule has 0 heterocycles. The minimum Gasteiger partial charge on any atom is -0.354 e. The second-order valence-electron chi connectivity index (χ2n) is 9.68. The van der Waals surface area contributed by atoms with E-state index in [4.69, 9.17) is 11.6 Å². The van der Waals surface area contributed by atoms with Gasteiger partial charge in [0, 0.05) is 29.0 Å². The van der Waals surface area contributed by atoms with E-state index in [9.17, 15) is 18.0 Å². The van der Waals surface area contributed by atoms with Gasteiger partial charge in [-0.2, -0.15) is 0 Å². The number of carbonyl (C=O) groups is 2. The Morgan fingerprint density at radius 1 is 0.949 bits per heavy atom. The van der Waals surface area contributed by atoms with Crippen LogP contribution < -0.4 is 9.62 Å². The predicted octanol–water partition coefficient (Wildman–Crippen LogP) is 5.28. The Balaban J connectivity index is 2.06. The Kier molecular flexibility index (Phi) is 11.0. The van der Waals surface area contributed by atoms with Crippen molar-refractivity contribution in [1.82, 2.24) is 10.2 Å². The molecule has 7 nitrogen and oxygen atoms in total. The van der Waals surface area contributed by atoms with Crippen molar-refractivity contribution in [2.45, 2.75) is 32.9 Å². The Labute approximate surface area is 244 Å². The van der Waals surface area contributed by atoms with Crippen LogP contribution >= 0.6 is 27.5 Å². The summed E-state index contributed by atoms with van der Waals surface area (Å²) in [6, 6.07) is 22.4. The Hall–Kier alpha value is -2.88. The number of carbonyl (C=O) groups excluding carboxylic acids is 2. The zero-order chi connectivity index (χ0) is 28.6. The van der Waals surface area contributed by atoms with Gasteiger partial charge in [0.1, 0.15) is 12.6 Å². The van der Waals surface area contributed by atoms with Crippen LogP contribution in [0.2, 0.25) is 5.02 Å². The van der Waals surface area contributed by atoms with Crippen molar-refractivity contribution in [1.29, 1.82) is 0 Å². The van der Waals surface area contributed by atoms with Gasteiger partial charge in [-0.3, -0.25) is 13.9 Å². The Morgan fingerprint density at radius 2 is 1.56 bits per heavy atom. The van der Waals surface area contributed by atoms with Gasteiger partial charge in [0.2, 0.25) is 21.8 Å². The summed E-state index contributed by atoms with van der Waals surface area (Å²) in [6.07, 6.45) is 1.30. The Bertz CT molecular complexity index is 1390. The van der Waals surface area contributed by atoms with E-state index in [1.165, 1.54) is 4.90 Å². The molecule has 1 unspecified atom stereocenters. The number of para-hydroxylation sites is 1. The normalized spacial score (nSPS) is 12.2. The maximum absolute atomic E-state index is 14.1. The van der Waals surface area contributed by atoms with Crippen LogP contribution in [0.15, 0.2) is 83.3 Å². The minimum atomic E-state index is -3.85. The van der Waals surface area contributed by atoms with Gasteiger partial charge in [0.25, 0.3) is 0 Å². The van der Waals surface area contributed by atoms with Crippen LogP contribution in [-0.4, -0.2) is 50.5 Å². The summed E-state index contributed by atoms with van der Waals surface area (Å²) in [4.78, 5) is 29.1. The quantitative estimate of drug-likeness (QED) is 0.294. The largest absolute Gasteiger partial charge is 0.354 e. The van der Waals surface area contributed by atoms with Gasteiger partial charge < -0.3 is 10.2 Å². The fraction of sp³-hybridized carbons (Fsp3) is 0.310. The van der Waals surface area contributed by atoms with E-state index in [0.29, 0.717) is 27.3 Å². The van der Waals surface area contributed by atoms with Crippen LogP contribution in [-0.2, 0) is 32.6 Å². The second kappa shape index (κ2) is 14.0. The molecule has 3 aromatic rings. The van der Waals surface area contributed by atoms with E-state index >= 15 is 0 Å². The van der Waals surface area contributed by atoms with Crippen molar-refractivity contribution >= 4 is 55.1 Å². The summed E-state index contributed by atoms with van der Waals surface area (Å²) < 4.78 is 27.3. The molecule has 0 aliphatic heterocycles. The molecule has 0 saturated heterocycles. The zero-order valence-electron chi connectivity index (χ0n) is 22.2. The van der Waals surface area contributed by atoms with E-state index in [-0.39, 0.29) is 24.8 Å². The number of rotatable bonds is 12. The number of hydrogen-bond acceptors (Lipinski definition) is 4. The molecular weight excluding hydrogens is 602 g/mol. The number of benzene rings is 3. The molecule has 0 saturated carbocycles. The van der Waals surface area contributed by atoms with Crippen LogP contribution in [0.25, 0.3) is 0 Å². The molecule has 10 heteroatoms. The van der Waals surface area contributed by atoms with Gasteiger partial charge in [-0.05, 0) is 51.2 Å². The predicted molar refractivity (Wildman–Crippen MR) is 160 cm³/mol. The molecule has 0 fully saturated rings. The lowest BCUT2D eigenvalue weighted by molar-refractivity contribution is -0.140. The van der Waals surface area contributed by atoms with Crippen molar-refractivity contribution in [3.8, 4) is 0 Å². The average Bonchev–Trinajstić information content (AvgIpc) is 2.89. The number of halogens is 2. The third-order valence-corrected chi connectivity index (χ3v) is 8.22. The number of hydrogen-bond donors (Lipinski definition) is 1. The summed E-state index contributed by atoms with van der Waals surface area (Å²) >= 11 is 9.86.